The molecule has 8 heteroatoms. The number of urea groups is 1. The second-order valence-electron chi connectivity index (χ2n) is 8.97. The Morgan fingerprint density at radius 2 is 1.73 bits per heavy atom. The summed E-state index contributed by atoms with van der Waals surface area (Å²) in [4.78, 5) is 52.7. The number of carbonyl (C=O) groups excluding carboxylic acids is 4. The Bertz CT molecular complexity index is 1090. The van der Waals surface area contributed by atoms with Crippen molar-refractivity contribution in [1.29, 1.82) is 0 Å². The van der Waals surface area contributed by atoms with Crippen molar-refractivity contribution in [2.75, 3.05) is 23.3 Å². The molecule has 2 aromatic rings. The summed E-state index contributed by atoms with van der Waals surface area (Å²) in [5, 5.41) is 5.44. The third-order valence-corrected chi connectivity index (χ3v) is 6.27. The molecule has 2 saturated heterocycles. The molecule has 2 fully saturated rings. The molecule has 0 aromatic heterocycles. The van der Waals surface area contributed by atoms with Gasteiger partial charge in [0.05, 0.1) is 0 Å². The molecule has 2 aliphatic heterocycles. The predicted molar refractivity (Wildman–Crippen MR) is 125 cm³/mol. The third-order valence-electron chi connectivity index (χ3n) is 6.27. The third kappa shape index (κ3) is 4.33. The summed E-state index contributed by atoms with van der Waals surface area (Å²) >= 11 is 0. The van der Waals surface area contributed by atoms with Crippen LogP contribution < -0.4 is 15.5 Å². The minimum Gasteiger partial charge on any atom is -0.325 e. The molecule has 8 nitrogen and oxygen atoms in total. The lowest BCUT2D eigenvalue weighted by Crippen LogP contribution is -2.42. The molecule has 2 aromatic carbocycles. The van der Waals surface area contributed by atoms with Crippen LogP contribution in [0, 0.1) is 0 Å². The number of hydrogen-bond donors (Lipinski definition) is 2. The molecule has 1 atom stereocenters. The van der Waals surface area contributed by atoms with Crippen molar-refractivity contribution < 1.29 is 19.2 Å². The van der Waals surface area contributed by atoms with Gasteiger partial charge in [-0.2, -0.15) is 0 Å². The van der Waals surface area contributed by atoms with E-state index in [-0.39, 0.29) is 5.91 Å². The van der Waals surface area contributed by atoms with Crippen LogP contribution in [0.15, 0.2) is 48.5 Å². The number of hydrogen-bond acceptors (Lipinski definition) is 4. The van der Waals surface area contributed by atoms with Crippen LogP contribution in [0.3, 0.4) is 0 Å². The van der Waals surface area contributed by atoms with E-state index in [0.717, 1.165) is 22.6 Å². The normalized spacial score (nSPS) is 20.5. The number of anilines is 2. The maximum absolute atomic E-state index is 13.1. The van der Waals surface area contributed by atoms with Crippen LogP contribution in [0.5, 0.6) is 0 Å². The highest BCUT2D eigenvalue weighted by molar-refractivity contribution is 6.10. The molecule has 0 aliphatic carbocycles. The lowest BCUT2D eigenvalue weighted by atomic mass is 9.90. The van der Waals surface area contributed by atoms with Gasteiger partial charge in [0.2, 0.25) is 11.8 Å². The van der Waals surface area contributed by atoms with Crippen molar-refractivity contribution in [3.05, 3.63) is 59.7 Å². The summed E-state index contributed by atoms with van der Waals surface area (Å²) < 4.78 is 0. The first-order valence-electron chi connectivity index (χ1n) is 11.1. The first kappa shape index (κ1) is 22.5. The summed E-state index contributed by atoms with van der Waals surface area (Å²) in [7, 11) is 0. The summed E-state index contributed by atoms with van der Waals surface area (Å²) in [5.74, 6) is -0.510. The molecular formula is C25H28N4O4. The zero-order valence-corrected chi connectivity index (χ0v) is 19.1. The molecule has 4 rings (SSSR count). The van der Waals surface area contributed by atoms with Crippen molar-refractivity contribution in [2.45, 2.75) is 45.1 Å². The van der Waals surface area contributed by atoms with Crippen LogP contribution in [-0.2, 0) is 19.9 Å². The van der Waals surface area contributed by atoms with E-state index in [1.807, 2.05) is 24.3 Å². The Morgan fingerprint density at radius 3 is 2.30 bits per heavy atom. The van der Waals surface area contributed by atoms with E-state index in [1.54, 1.807) is 36.1 Å². The van der Waals surface area contributed by atoms with Crippen LogP contribution in [0.25, 0.3) is 0 Å². The molecular weight excluding hydrogens is 420 g/mol. The van der Waals surface area contributed by atoms with Crippen LogP contribution in [0.2, 0.25) is 0 Å². The molecule has 2 N–H and O–H groups in total. The van der Waals surface area contributed by atoms with Gasteiger partial charge in [0.1, 0.15) is 12.1 Å². The zero-order valence-electron chi connectivity index (χ0n) is 19.1. The molecule has 0 unspecified atom stereocenters. The van der Waals surface area contributed by atoms with Gasteiger partial charge in [-0.25, -0.2) is 4.79 Å². The number of nitrogens with zero attached hydrogens (tertiary/aromatic N) is 2. The van der Waals surface area contributed by atoms with E-state index in [1.165, 1.54) is 0 Å². The van der Waals surface area contributed by atoms with Gasteiger partial charge in [-0.15, -0.1) is 0 Å². The van der Waals surface area contributed by atoms with E-state index < -0.39 is 29.9 Å². The van der Waals surface area contributed by atoms with Crippen molar-refractivity contribution in [3.8, 4) is 0 Å². The van der Waals surface area contributed by atoms with Gasteiger partial charge in [0.15, 0.2) is 0 Å². The van der Waals surface area contributed by atoms with Gasteiger partial charge in [0.25, 0.3) is 5.91 Å². The number of nitrogens with one attached hydrogen (secondary N) is 2. The fourth-order valence-corrected chi connectivity index (χ4v) is 4.23. The quantitative estimate of drug-likeness (QED) is 0.662. The van der Waals surface area contributed by atoms with Crippen molar-refractivity contribution in [3.63, 3.8) is 0 Å². The van der Waals surface area contributed by atoms with Crippen LogP contribution in [0.1, 0.15) is 50.7 Å². The molecule has 2 heterocycles. The van der Waals surface area contributed by atoms with Gasteiger partial charge in [-0.3, -0.25) is 19.3 Å². The van der Waals surface area contributed by atoms with Crippen molar-refractivity contribution in [2.24, 2.45) is 0 Å². The average Bonchev–Trinajstić information content (AvgIpc) is 3.31. The largest absolute Gasteiger partial charge is 0.325 e. The predicted octanol–water partition coefficient (Wildman–Crippen LogP) is 3.34. The maximum Gasteiger partial charge on any atom is 0.325 e. The minimum absolute atomic E-state index is 0.0900. The average molecular weight is 449 g/mol. The highest BCUT2D eigenvalue weighted by Gasteiger charge is 2.49. The molecule has 2 aliphatic rings. The summed E-state index contributed by atoms with van der Waals surface area (Å²) in [6, 6.07) is 13.9. The Hall–Kier alpha value is -3.68. The molecule has 5 amide bonds. The van der Waals surface area contributed by atoms with E-state index >= 15 is 0 Å². The summed E-state index contributed by atoms with van der Waals surface area (Å²) in [5.41, 5.74) is 1.88. The fourth-order valence-electron chi connectivity index (χ4n) is 4.23. The lowest BCUT2D eigenvalue weighted by molar-refractivity contribution is -0.133. The monoisotopic (exact) mass is 448 g/mol. The molecule has 0 saturated carbocycles. The van der Waals surface area contributed by atoms with Gasteiger partial charge in [-0.1, -0.05) is 38.1 Å². The van der Waals surface area contributed by atoms with Gasteiger partial charge in [-0.05, 0) is 54.7 Å². The summed E-state index contributed by atoms with van der Waals surface area (Å²) in [6.07, 6.45) is 1.38. The van der Waals surface area contributed by atoms with E-state index in [4.69, 9.17) is 0 Å². The highest BCUT2D eigenvalue weighted by atomic mass is 16.2. The lowest BCUT2D eigenvalue weighted by Gasteiger charge is -2.22. The molecule has 0 radical (unpaired) electrons. The molecule has 0 bridgehead atoms. The highest BCUT2D eigenvalue weighted by Crippen LogP contribution is 2.30. The Morgan fingerprint density at radius 1 is 1.06 bits per heavy atom. The zero-order chi connectivity index (χ0) is 23.8. The van der Waals surface area contributed by atoms with Crippen molar-refractivity contribution in [1.82, 2.24) is 10.2 Å². The number of carbonyl (C=O) groups is 4. The van der Waals surface area contributed by atoms with Gasteiger partial charge >= 0.3 is 6.03 Å². The van der Waals surface area contributed by atoms with Crippen LogP contribution in [0.4, 0.5) is 16.2 Å². The Balaban J connectivity index is 1.41. The SMILES string of the molecule is CC(C)c1ccc([C@@]2(C)NC(=O)N(CC(=O)Nc3ccc(N4CCCC4=O)cc3)C2=O)cc1. The molecule has 33 heavy (non-hydrogen) atoms. The number of imide groups is 1. The fraction of sp³-hybridized carbons (Fsp3) is 0.360. The van der Waals surface area contributed by atoms with E-state index in [2.05, 4.69) is 24.5 Å². The first-order chi connectivity index (χ1) is 15.7. The number of amides is 5. The summed E-state index contributed by atoms with van der Waals surface area (Å²) in [6.45, 7) is 6.11. The maximum atomic E-state index is 13.1. The Kier molecular flexibility index (Phi) is 5.93. The Labute approximate surface area is 192 Å². The van der Waals surface area contributed by atoms with Gasteiger partial charge < -0.3 is 15.5 Å². The molecule has 172 valence electrons. The van der Waals surface area contributed by atoms with Gasteiger partial charge in [0, 0.05) is 24.3 Å². The van der Waals surface area contributed by atoms with Crippen molar-refractivity contribution >= 4 is 35.1 Å². The van der Waals surface area contributed by atoms with E-state index in [0.29, 0.717) is 30.1 Å². The standard InChI is InChI=1S/C25H28N4O4/c1-16(2)17-6-8-18(9-7-17)25(3)23(32)29(24(33)27-25)15-21(30)26-19-10-12-20(13-11-19)28-14-4-5-22(28)31/h6-13,16H,4-5,14-15H2,1-3H3,(H,26,30)(H,27,33)/t25-/m1/s1. The minimum atomic E-state index is -1.23. The first-order valence-corrected chi connectivity index (χ1v) is 11.1. The number of benzene rings is 2. The topological polar surface area (TPSA) is 98.8 Å². The van der Waals surface area contributed by atoms with Crippen LogP contribution >= 0.6 is 0 Å². The van der Waals surface area contributed by atoms with Crippen LogP contribution in [-0.4, -0.2) is 41.7 Å². The second kappa shape index (κ2) is 8.69. The number of rotatable bonds is 6. The molecule has 0 spiro atoms. The van der Waals surface area contributed by atoms with E-state index in [9.17, 15) is 19.2 Å². The smallest absolute Gasteiger partial charge is 0.325 e. The second-order valence-corrected chi connectivity index (χ2v) is 8.97.